The van der Waals surface area contributed by atoms with Crippen LogP contribution in [0.2, 0.25) is 0 Å². The fraction of sp³-hybridized carbons (Fsp3) is 0.308. The Morgan fingerprint density at radius 2 is 1.81 bits per heavy atom. The van der Waals surface area contributed by atoms with Gasteiger partial charge in [0, 0.05) is 16.3 Å². The minimum atomic E-state index is -4.72. The average Bonchev–Trinajstić information content (AvgIpc) is 3.33. The molecule has 36 heavy (non-hydrogen) atoms. The number of hydrogen-bond acceptors (Lipinski definition) is 4. The van der Waals surface area contributed by atoms with Gasteiger partial charge in [0.1, 0.15) is 11.6 Å². The fourth-order valence-corrected chi connectivity index (χ4v) is 5.59. The monoisotopic (exact) mass is 521 g/mol. The van der Waals surface area contributed by atoms with Crippen LogP contribution in [0.4, 0.5) is 23.2 Å². The zero-order valence-electron chi connectivity index (χ0n) is 19.1. The second-order valence-electron chi connectivity index (χ2n) is 8.67. The van der Waals surface area contributed by atoms with Gasteiger partial charge in [-0.25, -0.2) is 4.39 Å². The highest BCUT2D eigenvalue weighted by Crippen LogP contribution is 2.43. The highest BCUT2D eigenvalue weighted by molar-refractivity contribution is 7.08. The van der Waals surface area contributed by atoms with Gasteiger partial charge in [0.05, 0.1) is 30.2 Å². The molecule has 3 atom stereocenters. The lowest BCUT2D eigenvalue weighted by Crippen LogP contribution is -2.40. The summed E-state index contributed by atoms with van der Waals surface area (Å²) in [5.41, 5.74) is 0.990. The van der Waals surface area contributed by atoms with Crippen molar-refractivity contribution in [3.8, 4) is 16.9 Å². The zero-order valence-corrected chi connectivity index (χ0v) is 20.0. The van der Waals surface area contributed by atoms with Crippen LogP contribution in [0.1, 0.15) is 36.3 Å². The van der Waals surface area contributed by atoms with E-state index in [9.17, 15) is 32.3 Å². The van der Waals surface area contributed by atoms with Crippen molar-refractivity contribution in [3.63, 3.8) is 0 Å². The highest BCUT2D eigenvalue weighted by atomic mass is 32.1. The van der Waals surface area contributed by atoms with Crippen LogP contribution in [0.15, 0.2) is 53.2 Å². The van der Waals surface area contributed by atoms with Crippen LogP contribution < -0.4 is 10.1 Å². The number of ether oxygens (including phenoxy) is 1. The van der Waals surface area contributed by atoms with Crippen LogP contribution in [-0.2, 0) is 15.8 Å². The van der Waals surface area contributed by atoms with Gasteiger partial charge in [-0.3, -0.25) is 9.59 Å². The van der Waals surface area contributed by atoms with Crippen molar-refractivity contribution in [2.75, 3.05) is 12.4 Å². The molecular formula is C26H23F4NO4S. The molecule has 0 aliphatic heterocycles. The van der Waals surface area contributed by atoms with E-state index < -0.39 is 52.9 Å². The maximum Gasteiger partial charge on any atom is 0.416 e. The summed E-state index contributed by atoms with van der Waals surface area (Å²) in [5.74, 6) is -4.89. The smallest absolute Gasteiger partial charge is 0.416 e. The number of halogens is 4. The van der Waals surface area contributed by atoms with Crippen molar-refractivity contribution < 1.29 is 37.0 Å². The van der Waals surface area contributed by atoms with Gasteiger partial charge in [-0.2, -0.15) is 13.2 Å². The molecule has 1 aromatic heterocycles. The minimum absolute atomic E-state index is 0.270. The van der Waals surface area contributed by atoms with E-state index >= 15 is 0 Å². The molecule has 0 radical (unpaired) electrons. The number of thiophene rings is 1. The third kappa shape index (κ3) is 5.23. The Labute approximate surface area is 208 Å². The molecule has 0 unspecified atom stereocenters. The van der Waals surface area contributed by atoms with E-state index in [2.05, 4.69) is 5.32 Å². The topological polar surface area (TPSA) is 75.6 Å². The summed E-state index contributed by atoms with van der Waals surface area (Å²) in [7, 11) is 1.58. The SMILES string of the molecule is COc1cscc1-c1ccc([C@H]2CCC[C@@H](C(=O)Nc3ccc(C(F)(F)F)cc3F)[C@@H]2C(=O)O)cc1. The maximum atomic E-state index is 14.3. The summed E-state index contributed by atoms with van der Waals surface area (Å²) < 4.78 is 58.1. The lowest BCUT2D eigenvalue weighted by atomic mass is 9.69. The molecule has 1 fully saturated rings. The Morgan fingerprint density at radius 1 is 1.08 bits per heavy atom. The predicted molar refractivity (Wildman–Crippen MR) is 128 cm³/mol. The quantitative estimate of drug-likeness (QED) is 0.350. The molecule has 2 N–H and O–H groups in total. The fourth-order valence-electron chi connectivity index (χ4n) is 4.79. The molecule has 1 amide bonds. The average molecular weight is 522 g/mol. The van der Waals surface area contributed by atoms with Crippen molar-refractivity contribution in [2.45, 2.75) is 31.4 Å². The van der Waals surface area contributed by atoms with Crippen molar-refractivity contribution >= 4 is 28.9 Å². The number of carbonyl (C=O) groups excluding carboxylic acids is 1. The number of hydrogen-bond donors (Lipinski definition) is 2. The third-order valence-electron chi connectivity index (χ3n) is 6.57. The molecule has 4 rings (SSSR count). The first kappa shape index (κ1) is 25.7. The summed E-state index contributed by atoms with van der Waals surface area (Å²) in [6.45, 7) is 0. The number of nitrogens with one attached hydrogen (secondary N) is 1. The number of alkyl halides is 3. The maximum absolute atomic E-state index is 14.3. The molecule has 190 valence electrons. The largest absolute Gasteiger partial charge is 0.495 e. The summed E-state index contributed by atoms with van der Waals surface area (Å²) in [5, 5.41) is 16.1. The van der Waals surface area contributed by atoms with Gasteiger partial charge in [0.2, 0.25) is 5.91 Å². The van der Waals surface area contributed by atoms with Gasteiger partial charge >= 0.3 is 12.1 Å². The Hall–Kier alpha value is -3.40. The zero-order chi connectivity index (χ0) is 26.0. The second-order valence-corrected chi connectivity index (χ2v) is 9.41. The van der Waals surface area contributed by atoms with Crippen LogP contribution in [-0.4, -0.2) is 24.1 Å². The Bertz CT molecular complexity index is 1260. The first-order valence-corrected chi connectivity index (χ1v) is 12.2. The summed E-state index contributed by atoms with van der Waals surface area (Å²) in [6, 6.07) is 9.23. The highest BCUT2D eigenvalue weighted by Gasteiger charge is 2.43. The first-order valence-electron chi connectivity index (χ1n) is 11.2. The van der Waals surface area contributed by atoms with Crippen LogP contribution in [0, 0.1) is 17.7 Å². The van der Waals surface area contributed by atoms with E-state index in [-0.39, 0.29) is 6.42 Å². The molecule has 1 heterocycles. The number of carboxylic acid groups (broad SMARTS) is 1. The number of aliphatic carboxylic acids is 1. The molecular weight excluding hydrogens is 498 g/mol. The summed E-state index contributed by atoms with van der Waals surface area (Å²) >= 11 is 1.50. The number of amides is 1. The molecule has 2 aromatic carbocycles. The van der Waals surface area contributed by atoms with Crippen molar-refractivity contribution in [3.05, 3.63) is 70.2 Å². The van der Waals surface area contributed by atoms with Crippen LogP contribution in [0.25, 0.3) is 11.1 Å². The standard InChI is InChI=1S/C26H23F4NO4S/c1-35-22-13-36-12-19(22)15-7-5-14(6-8-15)17-3-2-4-18(23(17)25(33)34)24(32)31-21-10-9-16(11-20(21)27)26(28,29)30/h5-13,17-18,23H,2-4H2,1H3,(H,31,32)(H,33,34)/t17-,18-,23-/m1/s1. The molecule has 5 nitrogen and oxygen atoms in total. The molecule has 0 bridgehead atoms. The lowest BCUT2D eigenvalue weighted by Gasteiger charge is -2.35. The molecule has 3 aromatic rings. The Balaban J connectivity index is 1.55. The number of anilines is 1. The van der Waals surface area contributed by atoms with Crippen LogP contribution in [0.5, 0.6) is 5.75 Å². The van der Waals surface area contributed by atoms with Crippen LogP contribution >= 0.6 is 11.3 Å². The lowest BCUT2D eigenvalue weighted by molar-refractivity contribution is -0.148. The number of benzene rings is 2. The van der Waals surface area contributed by atoms with Crippen molar-refractivity contribution in [2.24, 2.45) is 11.8 Å². The molecule has 1 aliphatic carbocycles. The Morgan fingerprint density at radius 3 is 2.42 bits per heavy atom. The van der Waals surface area contributed by atoms with Crippen LogP contribution in [0.3, 0.4) is 0 Å². The first-order chi connectivity index (χ1) is 17.1. The van der Waals surface area contributed by atoms with Gasteiger partial charge in [-0.1, -0.05) is 30.7 Å². The van der Waals surface area contributed by atoms with Crippen molar-refractivity contribution in [1.82, 2.24) is 0 Å². The van der Waals surface area contributed by atoms with E-state index in [1.165, 1.54) is 11.3 Å². The van der Waals surface area contributed by atoms with Gasteiger partial charge in [-0.05, 0) is 48.1 Å². The second kappa shape index (κ2) is 10.3. The van der Waals surface area contributed by atoms with E-state index in [0.717, 1.165) is 28.5 Å². The molecule has 1 aliphatic rings. The van der Waals surface area contributed by atoms with E-state index in [4.69, 9.17) is 4.74 Å². The minimum Gasteiger partial charge on any atom is -0.495 e. The number of carbonyl (C=O) groups is 2. The Kier molecular flexibility index (Phi) is 7.35. The van der Waals surface area contributed by atoms with E-state index in [1.54, 1.807) is 7.11 Å². The number of methoxy groups -OCH3 is 1. The van der Waals surface area contributed by atoms with E-state index in [0.29, 0.717) is 25.0 Å². The molecule has 0 saturated heterocycles. The van der Waals surface area contributed by atoms with Gasteiger partial charge in [0.25, 0.3) is 0 Å². The third-order valence-corrected chi connectivity index (χ3v) is 7.29. The summed E-state index contributed by atoms with van der Waals surface area (Å²) in [4.78, 5) is 25.3. The molecule has 0 spiro atoms. The summed E-state index contributed by atoms with van der Waals surface area (Å²) in [6.07, 6.45) is -3.33. The molecule has 10 heteroatoms. The predicted octanol–water partition coefficient (Wildman–Crippen LogP) is 6.80. The normalized spacial score (nSPS) is 20.1. The van der Waals surface area contributed by atoms with Gasteiger partial charge in [0.15, 0.2) is 0 Å². The van der Waals surface area contributed by atoms with E-state index in [1.807, 2.05) is 35.0 Å². The molecule has 1 saturated carbocycles. The van der Waals surface area contributed by atoms with Crippen molar-refractivity contribution in [1.29, 1.82) is 0 Å². The number of carboxylic acids is 1. The van der Waals surface area contributed by atoms with Gasteiger partial charge in [-0.15, -0.1) is 11.3 Å². The van der Waals surface area contributed by atoms with Gasteiger partial charge < -0.3 is 15.2 Å². The number of rotatable bonds is 6.